The Labute approximate surface area is 364 Å². The number of aromatic nitrogens is 1. The van der Waals surface area contributed by atoms with Crippen LogP contribution in [0.3, 0.4) is 0 Å². The Morgan fingerprint density at radius 2 is 1.22 bits per heavy atom. The number of fused-ring (bicyclic) bond motifs is 3. The predicted molar refractivity (Wildman–Crippen MR) is 265 cm³/mol. The molecule has 6 aromatic rings. The van der Waals surface area contributed by atoms with E-state index in [2.05, 4.69) is 202 Å². The van der Waals surface area contributed by atoms with Gasteiger partial charge in [-0.05, 0) is 81.3 Å². The molecule has 322 valence electrons. The normalized spacial score (nSPS) is 16.9. The van der Waals surface area contributed by atoms with Crippen LogP contribution in [0.5, 0.6) is 0 Å². The lowest BCUT2D eigenvalue weighted by atomic mass is 9.65. The van der Waals surface area contributed by atoms with Crippen molar-refractivity contribution in [2.24, 2.45) is 11.1 Å². The summed E-state index contributed by atoms with van der Waals surface area (Å²) in [5.74, 6) is 0. The molecule has 1 saturated carbocycles. The van der Waals surface area contributed by atoms with Gasteiger partial charge in [0.1, 0.15) is 0 Å². The first-order valence-corrected chi connectivity index (χ1v) is 22.9. The minimum atomic E-state index is 0.154. The maximum Gasteiger partial charge on any atom is 0.0686 e. The molecule has 3 heterocycles. The Bertz CT molecular complexity index is 2150. The Hall–Kier alpha value is -4.84. The summed E-state index contributed by atoms with van der Waals surface area (Å²) in [6.45, 7) is 24.5. The number of para-hydroxylation sites is 1. The van der Waals surface area contributed by atoms with Crippen LogP contribution in [0.4, 0.5) is 5.69 Å². The fourth-order valence-electron chi connectivity index (χ4n) is 7.49. The number of anilines is 1. The van der Waals surface area contributed by atoms with Gasteiger partial charge in [0.15, 0.2) is 0 Å². The number of rotatable bonds is 6. The molecule has 1 aliphatic carbocycles. The molecule has 0 radical (unpaired) electrons. The van der Waals surface area contributed by atoms with Crippen molar-refractivity contribution in [3.8, 4) is 5.69 Å². The van der Waals surface area contributed by atoms with Crippen molar-refractivity contribution in [2.45, 2.75) is 119 Å². The summed E-state index contributed by atoms with van der Waals surface area (Å²) in [7, 11) is 2.12. The van der Waals surface area contributed by atoms with E-state index >= 15 is 0 Å². The largest absolute Gasteiger partial charge is 0.365 e. The van der Waals surface area contributed by atoms with Crippen molar-refractivity contribution in [1.29, 1.82) is 0 Å². The number of benzene rings is 5. The molecule has 1 atom stereocenters. The monoisotopic (exact) mass is 808 g/mol. The fraction of sp³-hybridized carbons (Fsp3) is 0.418. The molecule has 1 unspecified atom stereocenters. The van der Waals surface area contributed by atoms with Gasteiger partial charge in [0, 0.05) is 52.4 Å². The fourth-order valence-corrected chi connectivity index (χ4v) is 7.49. The number of hydrogen-bond donors (Lipinski definition) is 2. The predicted octanol–water partition coefficient (Wildman–Crippen LogP) is 14.3. The summed E-state index contributed by atoms with van der Waals surface area (Å²) in [5.41, 5.74) is 15.8. The van der Waals surface area contributed by atoms with E-state index in [4.69, 9.17) is 5.73 Å². The zero-order valence-corrected chi connectivity index (χ0v) is 39.1. The van der Waals surface area contributed by atoms with Gasteiger partial charge in [0.2, 0.25) is 0 Å². The molecule has 60 heavy (non-hydrogen) atoms. The highest BCUT2D eigenvalue weighted by molar-refractivity contribution is 6.10. The molecule has 0 amide bonds. The number of nitrogens with two attached hydrogens (primary N) is 1. The first-order chi connectivity index (χ1) is 29.1. The van der Waals surface area contributed by atoms with E-state index in [1.54, 1.807) is 0 Å². The second-order valence-electron chi connectivity index (χ2n) is 16.8. The average molecular weight is 808 g/mol. The van der Waals surface area contributed by atoms with E-state index < -0.39 is 0 Å². The molecule has 3 aliphatic rings. The number of nitrogens with zero attached hydrogens (tertiary/aromatic N) is 3. The number of unbranched alkanes of at least 4 members (excludes halogenated alkanes) is 1. The first kappa shape index (κ1) is 47.8. The van der Waals surface area contributed by atoms with Crippen LogP contribution in [-0.2, 0) is 0 Å². The highest BCUT2D eigenvalue weighted by Crippen LogP contribution is 2.49. The lowest BCUT2D eigenvalue weighted by molar-refractivity contribution is 0.0980. The van der Waals surface area contributed by atoms with Crippen molar-refractivity contribution < 1.29 is 0 Å². The van der Waals surface area contributed by atoms with Crippen LogP contribution >= 0.6 is 0 Å². The summed E-state index contributed by atoms with van der Waals surface area (Å²) < 4.78 is 2.41. The Morgan fingerprint density at radius 1 is 0.667 bits per heavy atom. The second-order valence-corrected chi connectivity index (χ2v) is 16.8. The molecular weight excluding hydrogens is 731 g/mol. The Morgan fingerprint density at radius 3 is 1.75 bits per heavy atom. The molecule has 2 aliphatic heterocycles. The third kappa shape index (κ3) is 11.5. The van der Waals surface area contributed by atoms with Gasteiger partial charge in [-0.1, -0.05) is 183 Å². The first-order valence-electron chi connectivity index (χ1n) is 22.9. The van der Waals surface area contributed by atoms with Gasteiger partial charge < -0.3 is 20.1 Å². The maximum absolute atomic E-state index is 5.14. The Balaban J connectivity index is 0.000000213. The van der Waals surface area contributed by atoms with E-state index in [1.807, 2.05) is 27.7 Å². The molecule has 5 heteroatoms. The maximum atomic E-state index is 5.14. The summed E-state index contributed by atoms with van der Waals surface area (Å²) in [5, 5.41) is 6.16. The van der Waals surface area contributed by atoms with Gasteiger partial charge in [-0.3, -0.25) is 5.32 Å². The molecule has 5 aromatic carbocycles. The van der Waals surface area contributed by atoms with Crippen molar-refractivity contribution in [1.82, 2.24) is 14.8 Å². The van der Waals surface area contributed by atoms with Crippen LogP contribution in [0, 0.1) is 12.3 Å². The zero-order chi connectivity index (χ0) is 43.7. The molecular formula is C55H77N5. The van der Waals surface area contributed by atoms with Crippen LogP contribution in [-0.4, -0.2) is 41.8 Å². The zero-order valence-electron chi connectivity index (χ0n) is 39.1. The van der Waals surface area contributed by atoms with Crippen LogP contribution in [0.1, 0.15) is 124 Å². The van der Waals surface area contributed by atoms with Crippen LogP contribution in [0.2, 0.25) is 0 Å². The van der Waals surface area contributed by atoms with Crippen LogP contribution in [0.25, 0.3) is 33.2 Å². The van der Waals surface area contributed by atoms with Gasteiger partial charge in [-0.25, -0.2) is 0 Å². The van der Waals surface area contributed by atoms with Gasteiger partial charge in [0.25, 0.3) is 0 Å². The molecule has 9 rings (SSSR count). The number of aryl methyl sites for hydroxylation is 1. The topological polar surface area (TPSA) is 49.5 Å². The number of nitrogens with one attached hydrogen (secondary N) is 1. The molecule has 1 saturated heterocycles. The summed E-state index contributed by atoms with van der Waals surface area (Å²) in [6, 6.07) is 46.0. The van der Waals surface area contributed by atoms with E-state index in [0.717, 1.165) is 19.8 Å². The van der Waals surface area contributed by atoms with Crippen molar-refractivity contribution >= 4 is 33.2 Å². The van der Waals surface area contributed by atoms with Gasteiger partial charge in [-0.2, -0.15) is 0 Å². The quantitative estimate of drug-likeness (QED) is 0.176. The summed E-state index contributed by atoms with van der Waals surface area (Å²) in [6.07, 6.45) is 10.7. The van der Waals surface area contributed by atoms with Gasteiger partial charge in [-0.15, -0.1) is 0 Å². The highest BCUT2D eigenvalue weighted by Gasteiger charge is 2.52. The average Bonchev–Trinajstić information content (AvgIpc) is 3.59. The third-order valence-corrected chi connectivity index (χ3v) is 12.2. The van der Waals surface area contributed by atoms with Crippen molar-refractivity contribution in [3.63, 3.8) is 0 Å². The van der Waals surface area contributed by atoms with Crippen LogP contribution < -0.4 is 16.0 Å². The molecule has 2 fully saturated rings. The van der Waals surface area contributed by atoms with Gasteiger partial charge >= 0.3 is 0 Å². The molecule has 3 N–H and O–H groups in total. The lowest BCUT2D eigenvalue weighted by Gasteiger charge is -2.62. The van der Waals surface area contributed by atoms with Crippen LogP contribution in [0.15, 0.2) is 133 Å². The van der Waals surface area contributed by atoms with E-state index in [1.165, 1.54) is 94.1 Å². The SMILES string of the molecule is C1CCC1.CC.CC.CCCCN.CN1CNC(c2ccccc2)C=C1c1ccccc1.Cc1ccc(-n2c3ccccc3c3ccc(N4CC(C)(C)C4(C)C)cc32)cc1. The summed E-state index contributed by atoms with van der Waals surface area (Å²) >= 11 is 0. The van der Waals surface area contributed by atoms with Gasteiger partial charge in [0.05, 0.1) is 23.7 Å². The third-order valence-electron chi connectivity index (χ3n) is 12.2. The summed E-state index contributed by atoms with van der Waals surface area (Å²) in [4.78, 5) is 4.79. The molecule has 0 spiro atoms. The number of hydrogen-bond acceptors (Lipinski definition) is 4. The van der Waals surface area contributed by atoms with E-state index in [0.29, 0.717) is 5.41 Å². The standard InChI is InChI=1S/C26H28N2.C17H18N2.C4H11N.C4H8.2C2H6/c1-18-10-12-19(13-11-18)28-23-9-7-6-8-21(23)22-15-14-20(16-24(22)28)27-17-25(2,3)26(27,4)5;1-19-13-18-16(14-8-4-2-5-9-14)12-17(19)15-10-6-3-7-11-15;1-2-3-4-5;1-2-4-3-1;2*1-2/h6-16H,17H2,1-5H3;2-12,16,18H,13H2,1H3;2-5H2,1H3;1-4H2;2*1-2H3. The smallest absolute Gasteiger partial charge is 0.0686 e. The molecule has 5 nitrogen and oxygen atoms in total. The molecule has 1 aromatic heterocycles. The van der Waals surface area contributed by atoms with E-state index in [-0.39, 0.29) is 11.6 Å². The Kier molecular flexibility index (Phi) is 18.5. The van der Waals surface area contributed by atoms with Crippen molar-refractivity contribution in [2.75, 3.05) is 31.7 Å². The molecule has 0 bridgehead atoms. The van der Waals surface area contributed by atoms with Crippen molar-refractivity contribution in [3.05, 3.63) is 150 Å². The minimum Gasteiger partial charge on any atom is -0.365 e. The lowest BCUT2D eigenvalue weighted by Crippen LogP contribution is -2.69. The highest BCUT2D eigenvalue weighted by atomic mass is 15.3. The second kappa shape index (κ2) is 23.2. The minimum absolute atomic E-state index is 0.154. The van der Waals surface area contributed by atoms with E-state index in [9.17, 15) is 0 Å².